The molecule has 2 aromatic rings. The molecule has 0 atom stereocenters. The number of guanidine groups is 1. The van der Waals surface area contributed by atoms with Gasteiger partial charge in [-0.25, -0.2) is 4.99 Å². The largest absolute Gasteiger partial charge is 0.490 e. The van der Waals surface area contributed by atoms with E-state index in [1.165, 1.54) is 6.07 Å². The minimum Gasteiger partial charge on any atom is -0.490 e. The van der Waals surface area contributed by atoms with Gasteiger partial charge in [0.1, 0.15) is 6.26 Å². The van der Waals surface area contributed by atoms with Gasteiger partial charge < -0.3 is 24.2 Å². The van der Waals surface area contributed by atoms with Crippen molar-refractivity contribution in [3.8, 4) is 11.5 Å². The van der Waals surface area contributed by atoms with Crippen molar-refractivity contribution in [1.82, 2.24) is 20.3 Å². The Bertz CT molecular complexity index is 831. The van der Waals surface area contributed by atoms with Crippen molar-refractivity contribution in [2.24, 2.45) is 4.99 Å². The summed E-state index contributed by atoms with van der Waals surface area (Å²) in [4.78, 5) is 9.29. The summed E-state index contributed by atoms with van der Waals surface area (Å²) >= 11 is 0. The van der Waals surface area contributed by atoms with Crippen molar-refractivity contribution in [2.45, 2.75) is 33.5 Å². The first kappa shape index (κ1) is 26.1. The molecule has 2 heterocycles. The Balaban J connectivity index is 0.00000363. The third-order valence-electron chi connectivity index (χ3n) is 4.82. The summed E-state index contributed by atoms with van der Waals surface area (Å²) in [6.07, 6.45) is 1.59. The standard InChI is InChI=1S/C21H29F2N5O3.HI/c1-3-24-21(28-10-8-27(9-11-28)15-17-7-12-30-26-17)25-14-16-5-6-18(31-20(22)23)19(13-16)29-4-2;/h5-7,12-13,20H,3-4,8-11,14-15H2,1-2H3,(H,24,25);1H. The molecule has 0 bridgehead atoms. The Morgan fingerprint density at radius 1 is 1.19 bits per heavy atom. The monoisotopic (exact) mass is 565 g/mol. The van der Waals surface area contributed by atoms with Gasteiger partial charge in [-0.05, 0) is 31.5 Å². The van der Waals surface area contributed by atoms with Crippen LogP contribution < -0.4 is 14.8 Å². The van der Waals surface area contributed by atoms with Crippen LogP contribution in [0.3, 0.4) is 0 Å². The SMILES string of the molecule is CCNC(=NCc1ccc(OC(F)F)c(OCC)c1)N1CCN(Cc2ccon2)CC1.I. The molecule has 1 aliphatic rings. The van der Waals surface area contributed by atoms with Crippen LogP contribution in [0.4, 0.5) is 8.78 Å². The number of nitrogens with one attached hydrogen (secondary N) is 1. The maximum atomic E-state index is 12.6. The molecular weight excluding hydrogens is 535 g/mol. The van der Waals surface area contributed by atoms with Crippen molar-refractivity contribution in [1.29, 1.82) is 0 Å². The summed E-state index contributed by atoms with van der Waals surface area (Å²) < 4.78 is 40.1. The number of benzene rings is 1. The first-order valence-corrected chi connectivity index (χ1v) is 10.4. The van der Waals surface area contributed by atoms with Gasteiger partial charge in [-0.3, -0.25) is 4.90 Å². The second-order valence-corrected chi connectivity index (χ2v) is 7.02. The quantitative estimate of drug-likeness (QED) is 0.283. The van der Waals surface area contributed by atoms with Gasteiger partial charge in [0.2, 0.25) is 0 Å². The van der Waals surface area contributed by atoms with Crippen LogP contribution >= 0.6 is 24.0 Å². The molecule has 32 heavy (non-hydrogen) atoms. The Morgan fingerprint density at radius 3 is 2.59 bits per heavy atom. The molecular formula is C21H30F2IN5O3. The molecule has 1 aromatic carbocycles. The highest BCUT2D eigenvalue weighted by Crippen LogP contribution is 2.30. The summed E-state index contributed by atoms with van der Waals surface area (Å²) in [7, 11) is 0. The van der Waals surface area contributed by atoms with Crippen LogP contribution in [0.15, 0.2) is 40.0 Å². The lowest BCUT2D eigenvalue weighted by Gasteiger charge is -2.36. The number of alkyl halides is 2. The summed E-state index contributed by atoms with van der Waals surface area (Å²) in [5, 5.41) is 7.31. The molecule has 0 aliphatic carbocycles. The number of aliphatic imine (C=N–C) groups is 1. The van der Waals surface area contributed by atoms with E-state index >= 15 is 0 Å². The van der Waals surface area contributed by atoms with Crippen LogP contribution in [0.1, 0.15) is 25.1 Å². The molecule has 1 aliphatic heterocycles. The van der Waals surface area contributed by atoms with Crippen LogP contribution in [-0.2, 0) is 13.1 Å². The molecule has 3 rings (SSSR count). The zero-order valence-electron chi connectivity index (χ0n) is 18.3. The second kappa shape index (κ2) is 13.4. The van der Waals surface area contributed by atoms with Gasteiger partial charge in [0.05, 0.1) is 18.8 Å². The van der Waals surface area contributed by atoms with E-state index in [2.05, 4.69) is 25.0 Å². The maximum absolute atomic E-state index is 12.6. The summed E-state index contributed by atoms with van der Waals surface area (Å²) in [5.41, 5.74) is 1.78. The molecule has 0 amide bonds. The Kier molecular flexibility index (Phi) is 10.9. The van der Waals surface area contributed by atoms with E-state index in [1.807, 2.05) is 13.0 Å². The van der Waals surface area contributed by atoms with E-state index in [9.17, 15) is 8.78 Å². The number of hydrogen-bond acceptors (Lipinski definition) is 6. The van der Waals surface area contributed by atoms with E-state index in [-0.39, 0.29) is 29.7 Å². The maximum Gasteiger partial charge on any atom is 0.387 e. The summed E-state index contributed by atoms with van der Waals surface area (Å²) in [6.45, 7) is 6.67. The molecule has 1 saturated heterocycles. The number of nitrogens with zero attached hydrogens (tertiary/aromatic N) is 4. The fraction of sp³-hybridized carbons (Fsp3) is 0.524. The van der Waals surface area contributed by atoms with Gasteiger partial charge in [0.15, 0.2) is 17.5 Å². The minimum absolute atomic E-state index is 0. The van der Waals surface area contributed by atoms with E-state index in [4.69, 9.17) is 14.3 Å². The average molecular weight is 565 g/mol. The number of piperazine rings is 1. The highest BCUT2D eigenvalue weighted by molar-refractivity contribution is 14.0. The molecule has 0 unspecified atom stereocenters. The molecule has 0 radical (unpaired) electrons. The Hall–Kier alpha value is -2.15. The van der Waals surface area contributed by atoms with Crippen LogP contribution in [0.25, 0.3) is 0 Å². The molecule has 1 aromatic heterocycles. The molecule has 0 spiro atoms. The normalized spacial score (nSPS) is 14.9. The first-order chi connectivity index (χ1) is 15.1. The summed E-state index contributed by atoms with van der Waals surface area (Å²) in [5.74, 6) is 1.15. The Morgan fingerprint density at radius 2 is 1.97 bits per heavy atom. The van der Waals surface area contributed by atoms with E-state index < -0.39 is 6.61 Å². The molecule has 1 N–H and O–H groups in total. The molecule has 11 heteroatoms. The highest BCUT2D eigenvalue weighted by atomic mass is 127. The second-order valence-electron chi connectivity index (χ2n) is 7.02. The zero-order chi connectivity index (χ0) is 22.1. The fourth-order valence-corrected chi connectivity index (χ4v) is 3.37. The number of halogens is 3. The van der Waals surface area contributed by atoms with Crippen LogP contribution in [0.2, 0.25) is 0 Å². The summed E-state index contributed by atoms with van der Waals surface area (Å²) in [6, 6.07) is 6.80. The van der Waals surface area contributed by atoms with Crippen molar-refractivity contribution in [3.63, 3.8) is 0 Å². The van der Waals surface area contributed by atoms with Crippen molar-refractivity contribution < 1.29 is 22.8 Å². The molecule has 1 fully saturated rings. The van der Waals surface area contributed by atoms with E-state index in [0.717, 1.165) is 56.5 Å². The number of rotatable bonds is 9. The van der Waals surface area contributed by atoms with Crippen LogP contribution in [-0.4, -0.2) is 66.9 Å². The van der Waals surface area contributed by atoms with Crippen LogP contribution in [0.5, 0.6) is 11.5 Å². The minimum atomic E-state index is -2.90. The lowest BCUT2D eigenvalue weighted by Crippen LogP contribution is -2.52. The van der Waals surface area contributed by atoms with Crippen LogP contribution in [0, 0.1) is 0 Å². The van der Waals surface area contributed by atoms with Gasteiger partial charge >= 0.3 is 6.61 Å². The predicted molar refractivity (Wildman–Crippen MR) is 128 cm³/mol. The smallest absolute Gasteiger partial charge is 0.387 e. The van der Waals surface area contributed by atoms with Crippen molar-refractivity contribution in [2.75, 3.05) is 39.3 Å². The molecule has 178 valence electrons. The average Bonchev–Trinajstić information content (AvgIpc) is 3.26. The fourth-order valence-electron chi connectivity index (χ4n) is 3.37. The van der Waals surface area contributed by atoms with Crippen molar-refractivity contribution in [3.05, 3.63) is 41.8 Å². The topological polar surface area (TPSA) is 75.4 Å². The van der Waals surface area contributed by atoms with Crippen molar-refractivity contribution >= 4 is 29.9 Å². The zero-order valence-corrected chi connectivity index (χ0v) is 20.6. The lowest BCUT2D eigenvalue weighted by atomic mass is 10.2. The third kappa shape index (κ3) is 7.76. The van der Waals surface area contributed by atoms with Gasteiger partial charge in [-0.15, -0.1) is 24.0 Å². The number of ether oxygens (including phenoxy) is 2. The van der Waals surface area contributed by atoms with E-state index in [1.54, 1.807) is 25.3 Å². The number of hydrogen-bond donors (Lipinski definition) is 1. The third-order valence-corrected chi connectivity index (χ3v) is 4.82. The van der Waals surface area contributed by atoms with Gasteiger partial charge in [0, 0.05) is 45.3 Å². The van der Waals surface area contributed by atoms with Gasteiger partial charge in [-0.1, -0.05) is 11.2 Å². The molecule has 8 nitrogen and oxygen atoms in total. The Labute approximate surface area is 203 Å². The van der Waals surface area contributed by atoms with Gasteiger partial charge in [-0.2, -0.15) is 8.78 Å². The van der Waals surface area contributed by atoms with Gasteiger partial charge in [0.25, 0.3) is 0 Å². The predicted octanol–water partition coefficient (Wildman–Crippen LogP) is 3.58. The lowest BCUT2D eigenvalue weighted by molar-refractivity contribution is -0.0514. The highest BCUT2D eigenvalue weighted by Gasteiger charge is 2.20. The first-order valence-electron chi connectivity index (χ1n) is 10.4. The van der Waals surface area contributed by atoms with E-state index in [0.29, 0.717) is 18.9 Å². The number of aromatic nitrogens is 1. The molecule has 0 saturated carbocycles.